The highest BCUT2D eigenvalue weighted by Crippen LogP contribution is 2.42. The van der Waals surface area contributed by atoms with Gasteiger partial charge in [-0.1, -0.05) is 164 Å². The highest BCUT2D eigenvalue weighted by molar-refractivity contribution is 6.16. The quantitative estimate of drug-likeness (QED) is 0.186. The zero-order chi connectivity index (χ0) is 33.7. The molecule has 2 aromatic heterocycles. The Hall–Kier alpha value is -6.84. The van der Waals surface area contributed by atoms with E-state index >= 15 is 0 Å². The summed E-state index contributed by atoms with van der Waals surface area (Å²) in [5, 5.41) is 6.89. The minimum atomic E-state index is 0.696. The van der Waals surface area contributed by atoms with Crippen molar-refractivity contribution in [2.75, 3.05) is 0 Å². The monoisotopic (exact) mass is 650 g/mol. The average molecular weight is 651 g/mol. The van der Waals surface area contributed by atoms with Crippen LogP contribution >= 0.6 is 0 Å². The molecule has 0 aliphatic rings. The lowest BCUT2D eigenvalue weighted by Gasteiger charge is -2.16. The van der Waals surface area contributed by atoms with Crippen molar-refractivity contribution in [1.29, 1.82) is 0 Å². The van der Waals surface area contributed by atoms with Gasteiger partial charge in [-0.3, -0.25) is 0 Å². The number of aromatic nitrogens is 2. The van der Waals surface area contributed by atoms with Gasteiger partial charge in [-0.25, -0.2) is 9.97 Å². The summed E-state index contributed by atoms with van der Waals surface area (Å²) in [6.45, 7) is 0. The molecule has 2 heterocycles. The van der Waals surface area contributed by atoms with Crippen molar-refractivity contribution in [3.8, 4) is 56.2 Å². The van der Waals surface area contributed by atoms with E-state index in [9.17, 15) is 0 Å². The molecule has 0 aliphatic carbocycles. The Bertz CT molecular complexity index is 2910. The highest BCUT2D eigenvalue weighted by Gasteiger charge is 2.19. The molecule has 8 aromatic carbocycles. The molecule has 3 nitrogen and oxygen atoms in total. The number of benzene rings is 8. The summed E-state index contributed by atoms with van der Waals surface area (Å²) < 4.78 is 6.28. The summed E-state index contributed by atoms with van der Waals surface area (Å²) in [5.41, 5.74) is 11.4. The predicted molar refractivity (Wildman–Crippen MR) is 212 cm³/mol. The number of furan rings is 1. The maximum atomic E-state index is 6.28. The molecule has 238 valence electrons. The molecule has 0 aliphatic heterocycles. The predicted octanol–water partition coefficient (Wildman–Crippen LogP) is 13.0. The lowest BCUT2D eigenvalue weighted by atomic mass is 9.91. The third kappa shape index (κ3) is 4.90. The summed E-state index contributed by atoms with van der Waals surface area (Å²) in [6.07, 6.45) is 0. The molecule has 0 saturated heterocycles. The smallest absolute Gasteiger partial charge is 0.160 e. The first kappa shape index (κ1) is 29.1. The maximum absolute atomic E-state index is 6.28. The molecule has 10 aromatic rings. The van der Waals surface area contributed by atoms with Crippen LogP contribution in [0.25, 0.3) is 99.6 Å². The molecule has 0 N–H and O–H groups in total. The number of fused-ring (bicyclic) bond motifs is 5. The zero-order valence-electron chi connectivity index (χ0n) is 27.6. The van der Waals surface area contributed by atoms with Crippen molar-refractivity contribution in [1.82, 2.24) is 9.97 Å². The zero-order valence-corrected chi connectivity index (χ0v) is 27.6. The lowest BCUT2D eigenvalue weighted by molar-refractivity contribution is 0.669. The molecule has 0 bridgehead atoms. The van der Waals surface area contributed by atoms with Gasteiger partial charge < -0.3 is 4.42 Å². The van der Waals surface area contributed by atoms with E-state index in [0.717, 1.165) is 77.3 Å². The molecule has 10 rings (SSSR count). The van der Waals surface area contributed by atoms with E-state index in [1.807, 2.05) is 30.3 Å². The molecular weight excluding hydrogens is 621 g/mol. The first-order valence-corrected chi connectivity index (χ1v) is 17.2. The largest absolute Gasteiger partial charge is 0.456 e. The Labute approximate surface area is 295 Å². The Morgan fingerprint density at radius 1 is 0.314 bits per heavy atom. The van der Waals surface area contributed by atoms with E-state index < -0.39 is 0 Å². The standard InChI is InChI=1S/C48H30N2O/c1-3-14-31(15-4-1)33-26-28-39(36-20-9-7-18-34(33)36)43-30-44(50-48(49-43)32-16-5-2-6-17-32)40-29-27-38(35-19-8-10-21-37(35)40)41-23-13-25-46-47(41)42-22-11-12-24-45(42)51-46/h1-30H. The fraction of sp³-hybridized carbons (Fsp3) is 0. The molecule has 0 saturated carbocycles. The van der Waals surface area contributed by atoms with Crippen LogP contribution < -0.4 is 0 Å². The van der Waals surface area contributed by atoms with E-state index in [0.29, 0.717) is 5.82 Å². The molecule has 0 fully saturated rings. The molecule has 0 spiro atoms. The van der Waals surface area contributed by atoms with Crippen LogP contribution in [0.3, 0.4) is 0 Å². The van der Waals surface area contributed by atoms with E-state index in [-0.39, 0.29) is 0 Å². The van der Waals surface area contributed by atoms with Gasteiger partial charge in [-0.15, -0.1) is 0 Å². The van der Waals surface area contributed by atoms with Crippen molar-refractivity contribution in [3.63, 3.8) is 0 Å². The second-order valence-corrected chi connectivity index (χ2v) is 12.9. The molecule has 3 heteroatoms. The Morgan fingerprint density at radius 2 is 0.784 bits per heavy atom. The van der Waals surface area contributed by atoms with Gasteiger partial charge in [0.2, 0.25) is 0 Å². The minimum absolute atomic E-state index is 0.696. The number of rotatable bonds is 5. The minimum Gasteiger partial charge on any atom is -0.456 e. The van der Waals surface area contributed by atoms with Crippen LogP contribution in [-0.2, 0) is 0 Å². The molecule has 0 radical (unpaired) electrons. The van der Waals surface area contributed by atoms with Gasteiger partial charge in [0.15, 0.2) is 5.82 Å². The third-order valence-corrected chi connectivity index (χ3v) is 9.94. The SMILES string of the molecule is c1ccc(-c2nc(-c3ccc(-c4ccccc4)c4ccccc34)cc(-c3ccc(-c4cccc5oc6ccccc6c45)c4ccccc34)n2)cc1. The van der Waals surface area contributed by atoms with Crippen LogP contribution in [0.1, 0.15) is 0 Å². The second-order valence-electron chi connectivity index (χ2n) is 12.9. The van der Waals surface area contributed by atoms with Crippen LogP contribution in [0.5, 0.6) is 0 Å². The lowest BCUT2D eigenvalue weighted by Crippen LogP contribution is -1.97. The van der Waals surface area contributed by atoms with Gasteiger partial charge in [0.25, 0.3) is 0 Å². The Kier molecular flexibility index (Phi) is 6.81. The molecular formula is C48H30N2O. The Balaban J connectivity index is 1.20. The van der Waals surface area contributed by atoms with Crippen LogP contribution in [0.15, 0.2) is 186 Å². The van der Waals surface area contributed by atoms with E-state index in [4.69, 9.17) is 14.4 Å². The van der Waals surface area contributed by atoms with Crippen molar-refractivity contribution < 1.29 is 4.42 Å². The summed E-state index contributed by atoms with van der Waals surface area (Å²) in [5.74, 6) is 0.696. The van der Waals surface area contributed by atoms with E-state index in [1.165, 1.54) is 16.5 Å². The summed E-state index contributed by atoms with van der Waals surface area (Å²) in [6, 6.07) is 63.8. The average Bonchev–Trinajstić information content (AvgIpc) is 3.60. The topological polar surface area (TPSA) is 38.9 Å². The van der Waals surface area contributed by atoms with Crippen molar-refractivity contribution >= 4 is 43.5 Å². The van der Waals surface area contributed by atoms with Crippen LogP contribution in [0.4, 0.5) is 0 Å². The van der Waals surface area contributed by atoms with Crippen molar-refractivity contribution in [2.24, 2.45) is 0 Å². The maximum Gasteiger partial charge on any atom is 0.160 e. The van der Waals surface area contributed by atoms with Gasteiger partial charge in [0, 0.05) is 27.5 Å². The van der Waals surface area contributed by atoms with Gasteiger partial charge in [0.1, 0.15) is 11.2 Å². The van der Waals surface area contributed by atoms with Gasteiger partial charge in [-0.05, 0) is 62.0 Å². The van der Waals surface area contributed by atoms with Gasteiger partial charge in [0.05, 0.1) is 11.4 Å². The van der Waals surface area contributed by atoms with Gasteiger partial charge >= 0.3 is 0 Å². The molecule has 0 atom stereocenters. The Morgan fingerprint density at radius 3 is 1.43 bits per heavy atom. The third-order valence-electron chi connectivity index (χ3n) is 9.94. The van der Waals surface area contributed by atoms with Crippen molar-refractivity contribution in [2.45, 2.75) is 0 Å². The molecule has 51 heavy (non-hydrogen) atoms. The molecule has 0 unspecified atom stereocenters. The first-order chi connectivity index (χ1) is 25.3. The van der Waals surface area contributed by atoms with Gasteiger partial charge in [-0.2, -0.15) is 0 Å². The fourth-order valence-electron chi connectivity index (χ4n) is 7.59. The molecule has 0 amide bonds. The number of hydrogen-bond acceptors (Lipinski definition) is 3. The summed E-state index contributed by atoms with van der Waals surface area (Å²) in [7, 11) is 0. The fourth-order valence-corrected chi connectivity index (χ4v) is 7.59. The van der Waals surface area contributed by atoms with Crippen LogP contribution in [-0.4, -0.2) is 9.97 Å². The van der Waals surface area contributed by atoms with E-state index in [2.05, 4.69) is 152 Å². The van der Waals surface area contributed by atoms with Crippen LogP contribution in [0, 0.1) is 0 Å². The van der Waals surface area contributed by atoms with Crippen LogP contribution in [0.2, 0.25) is 0 Å². The highest BCUT2D eigenvalue weighted by atomic mass is 16.3. The van der Waals surface area contributed by atoms with E-state index in [1.54, 1.807) is 0 Å². The number of para-hydroxylation sites is 1. The first-order valence-electron chi connectivity index (χ1n) is 17.2. The van der Waals surface area contributed by atoms with Crippen molar-refractivity contribution in [3.05, 3.63) is 182 Å². The summed E-state index contributed by atoms with van der Waals surface area (Å²) in [4.78, 5) is 10.5. The summed E-state index contributed by atoms with van der Waals surface area (Å²) >= 11 is 0. The number of nitrogens with zero attached hydrogens (tertiary/aromatic N) is 2. The second kappa shape index (κ2) is 11.9. The normalized spacial score (nSPS) is 11.5. The number of hydrogen-bond donors (Lipinski definition) is 0.